The summed E-state index contributed by atoms with van der Waals surface area (Å²) in [5.74, 6) is 1.86. The number of fused-ring (bicyclic) bond motifs is 2. The molecule has 0 aliphatic carbocycles. The number of para-hydroxylation sites is 3. The molecule has 1 N–H and O–H groups in total. The number of amides is 1. The van der Waals surface area contributed by atoms with Crippen molar-refractivity contribution in [3.05, 3.63) is 64.7 Å². The van der Waals surface area contributed by atoms with Gasteiger partial charge in [0.05, 0.1) is 17.4 Å². The Hall–Kier alpha value is -3.39. The smallest absolute Gasteiger partial charge is 0.267 e. The SMILES string of the molecule is O=C([C@@H]1COc2ccccc2O1)N1CCN(Cc2nc3ccccc3c(=O)[nH]2)CC1. The van der Waals surface area contributed by atoms with E-state index in [1.165, 1.54) is 0 Å². The zero-order chi connectivity index (χ0) is 20.5. The standard InChI is InChI=1S/C22H22N4O4/c27-21-15-5-1-2-6-16(15)23-20(24-21)13-25-9-11-26(12-10-25)22(28)19-14-29-17-7-3-4-8-18(17)30-19/h1-8,19H,9-14H2,(H,23,24,27)/t19-/m0/s1. The highest BCUT2D eigenvalue weighted by Gasteiger charge is 2.32. The predicted octanol–water partition coefficient (Wildman–Crippen LogP) is 1.41. The van der Waals surface area contributed by atoms with Gasteiger partial charge in [-0.2, -0.15) is 0 Å². The molecule has 2 aromatic carbocycles. The van der Waals surface area contributed by atoms with Crippen LogP contribution >= 0.6 is 0 Å². The van der Waals surface area contributed by atoms with E-state index in [-0.39, 0.29) is 18.1 Å². The molecule has 0 radical (unpaired) electrons. The van der Waals surface area contributed by atoms with Crippen LogP contribution in [0.5, 0.6) is 11.5 Å². The summed E-state index contributed by atoms with van der Waals surface area (Å²) in [7, 11) is 0. The molecule has 3 heterocycles. The van der Waals surface area contributed by atoms with Crippen LogP contribution < -0.4 is 15.0 Å². The minimum absolute atomic E-state index is 0.0543. The molecular weight excluding hydrogens is 384 g/mol. The summed E-state index contributed by atoms with van der Waals surface area (Å²) in [6, 6.07) is 14.7. The second kappa shape index (κ2) is 7.79. The molecule has 1 fully saturated rings. The Labute approximate surface area is 173 Å². The highest BCUT2D eigenvalue weighted by atomic mass is 16.6. The van der Waals surface area contributed by atoms with Crippen LogP contribution in [-0.2, 0) is 11.3 Å². The van der Waals surface area contributed by atoms with Crippen molar-refractivity contribution in [2.75, 3.05) is 32.8 Å². The molecule has 0 saturated carbocycles. The van der Waals surface area contributed by atoms with Crippen LogP contribution in [0.4, 0.5) is 0 Å². The van der Waals surface area contributed by atoms with Gasteiger partial charge in [-0.3, -0.25) is 14.5 Å². The van der Waals surface area contributed by atoms with E-state index in [0.29, 0.717) is 61.0 Å². The van der Waals surface area contributed by atoms with Crippen molar-refractivity contribution in [1.29, 1.82) is 0 Å². The third kappa shape index (κ3) is 3.61. The van der Waals surface area contributed by atoms with Gasteiger partial charge in [0, 0.05) is 26.2 Å². The Morgan fingerprint density at radius 1 is 1.03 bits per heavy atom. The van der Waals surface area contributed by atoms with Gasteiger partial charge in [0.25, 0.3) is 11.5 Å². The van der Waals surface area contributed by atoms with Crippen molar-refractivity contribution in [2.24, 2.45) is 0 Å². The average molecular weight is 406 g/mol. The lowest BCUT2D eigenvalue weighted by atomic mass is 10.2. The number of benzene rings is 2. The maximum atomic E-state index is 12.9. The van der Waals surface area contributed by atoms with Crippen molar-refractivity contribution in [3.8, 4) is 11.5 Å². The number of hydrogen-bond acceptors (Lipinski definition) is 6. The lowest BCUT2D eigenvalue weighted by molar-refractivity contribution is -0.143. The minimum Gasteiger partial charge on any atom is -0.485 e. The molecule has 0 bridgehead atoms. The van der Waals surface area contributed by atoms with Gasteiger partial charge in [-0.1, -0.05) is 24.3 Å². The normalized spacial score (nSPS) is 19.1. The number of aromatic nitrogens is 2. The fourth-order valence-electron chi connectivity index (χ4n) is 3.89. The number of nitrogens with one attached hydrogen (secondary N) is 1. The quantitative estimate of drug-likeness (QED) is 0.708. The molecule has 8 nitrogen and oxygen atoms in total. The Kier molecular flexibility index (Phi) is 4.84. The number of aromatic amines is 1. The van der Waals surface area contributed by atoms with E-state index in [1.54, 1.807) is 6.07 Å². The van der Waals surface area contributed by atoms with Gasteiger partial charge < -0.3 is 19.4 Å². The Balaban J connectivity index is 1.20. The summed E-state index contributed by atoms with van der Waals surface area (Å²) in [5.41, 5.74) is 0.568. The average Bonchev–Trinajstić information content (AvgIpc) is 2.79. The monoisotopic (exact) mass is 406 g/mol. The molecule has 0 unspecified atom stereocenters. The molecule has 1 amide bonds. The number of H-pyrrole nitrogens is 1. The largest absolute Gasteiger partial charge is 0.485 e. The van der Waals surface area contributed by atoms with Gasteiger partial charge in [-0.25, -0.2) is 4.98 Å². The third-order valence-electron chi connectivity index (χ3n) is 5.50. The lowest BCUT2D eigenvalue weighted by Crippen LogP contribution is -2.53. The number of piperazine rings is 1. The first-order valence-electron chi connectivity index (χ1n) is 10.0. The number of ether oxygens (including phenoxy) is 2. The number of nitrogens with zero attached hydrogens (tertiary/aromatic N) is 3. The number of carbonyl (C=O) groups excluding carboxylic acids is 1. The molecule has 1 atom stereocenters. The predicted molar refractivity (Wildman–Crippen MR) is 111 cm³/mol. The molecular formula is C22H22N4O4. The Morgan fingerprint density at radius 2 is 1.77 bits per heavy atom. The van der Waals surface area contributed by atoms with Gasteiger partial charge >= 0.3 is 0 Å². The molecule has 1 saturated heterocycles. The summed E-state index contributed by atoms with van der Waals surface area (Å²) in [6.45, 7) is 3.35. The van der Waals surface area contributed by atoms with Crippen molar-refractivity contribution >= 4 is 16.8 Å². The zero-order valence-electron chi connectivity index (χ0n) is 16.4. The van der Waals surface area contributed by atoms with E-state index in [4.69, 9.17) is 9.47 Å². The Bertz CT molecular complexity index is 1140. The number of carbonyl (C=O) groups is 1. The molecule has 30 heavy (non-hydrogen) atoms. The van der Waals surface area contributed by atoms with Crippen LogP contribution in [0.1, 0.15) is 5.82 Å². The molecule has 8 heteroatoms. The zero-order valence-corrected chi connectivity index (χ0v) is 16.4. The van der Waals surface area contributed by atoms with Gasteiger partial charge in [-0.05, 0) is 24.3 Å². The van der Waals surface area contributed by atoms with Gasteiger partial charge in [0.2, 0.25) is 6.10 Å². The molecule has 2 aliphatic rings. The van der Waals surface area contributed by atoms with Gasteiger partial charge in [-0.15, -0.1) is 0 Å². The van der Waals surface area contributed by atoms with Crippen LogP contribution in [0.25, 0.3) is 10.9 Å². The van der Waals surface area contributed by atoms with Crippen LogP contribution in [0.2, 0.25) is 0 Å². The van der Waals surface area contributed by atoms with Crippen molar-refractivity contribution in [2.45, 2.75) is 12.6 Å². The van der Waals surface area contributed by atoms with Gasteiger partial charge in [0.1, 0.15) is 12.4 Å². The van der Waals surface area contributed by atoms with Crippen LogP contribution in [0.3, 0.4) is 0 Å². The summed E-state index contributed by atoms with van der Waals surface area (Å²) < 4.78 is 11.5. The second-order valence-electron chi connectivity index (χ2n) is 7.50. The topological polar surface area (TPSA) is 87.8 Å². The molecule has 154 valence electrons. The van der Waals surface area contributed by atoms with E-state index in [9.17, 15) is 9.59 Å². The first-order valence-corrected chi connectivity index (χ1v) is 10.0. The van der Waals surface area contributed by atoms with Gasteiger partial charge in [0.15, 0.2) is 11.5 Å². The highest BCUT2D eigenvalue weighted by Crippen LogP contribution is 2.31. The van der Waals surface area contributed by atoms with E-state index < -0.39 is 6.10 Å². The second-order valence-corrected chi connectivity index (χ2v) is 7.50. The van der Waals surface area contributed by atoms with E-state index in [2.05, 4.69) is 14.9 Å². The third-order valence-corrected chi connectivity index (χ3v) is 5.50. The molecule has 3 aromatic rings. The minimum atomic E-state index is -0.620. The summed E-state index contributed by atoms with van der Waals surface area (Å²) in [4.78, 5) is 36.5. The van der Waals surface area contributed by atoms with E-state index in [1.807, 2.05) is 47.4 Å². The Morgan fingerprint density at radius 3 is 2.60 bits per heavy atom. The summed E-state index contributed by atoms with van der Waals surface area (Å²) in [6.07, 6.45) is -0.620. The molecule has 5 rings (SSSR count). The number of hydrogen-bond donors (Lipinski definition) is 1. The highest BCUT2D eigenvalue weighted by molar-refractivity contribution is 5.82. The van der Waals surface area contributed by atoms with Crippen LogP contribution in [0.15, 0.2) is 53.3 Å². The van der Waals surface area contributed by atoms with E-state index in [0.717, 1.165) is 0 Å². The van der Waals surface area contributed by atoms with Crippen molar-refractivity contribution in [3.63, 3.8) is 0 Å². The fraction of sp³-hybridized carbons (Fsp3) is 0.318. The van der Waals surface area contributed by atoms with E-state index >= 15 is 0 Å². The number of rotatable bonds is 3. The maximum absolute atomic E-state index is 12.9. The van der Waals surface area contributed by atoms with Crippen molar-refractivity contribution in [1.82, 2.24) is 19.8 Å². The molecule has 0 spiro atoms. The fourth-order valence-corrected chi connectivity index (χ4v) is 3.89. The maximum Gasteiger partial charge on any atom is 0.267 e. The summed E-state index contributed by atoms with van der Waals surface area (Å²) >= 11 is 0. The summed E-state index contributed by atoms with van der Waals surface area (Å²) in [5, 5.41) is 0.591. The van der Waals surface area contributed by atoms with Crippen LogP contribution in [-0.4, -0.2) is 64.6 Å². The first kappa shape index (κ1) is 18.6. The van der Waals surface area contributed by atoms with Crippen LogP contribution in [0, 0.1) is 0 Å². The molecule has 1 aromatic heterocycles. The van der Waals surface area contributed by atoms with Crippen molar-refractivity contribution < 1.29 is 14.3 Å². The lowest BCUT2D eigenvalue weighted by Gasteiger charge is -2.36. The first-order chi connectivity index (χ1) is 14.7. The molecule has 2 aliphatic heterocycles.